The number of carbonyl (C=O) groups is 1. The molecule has 0 radical (unpaired) electrons. The van der Waals surface area contributed by atoms with Gasteiger partial charge in [0.1, 0.15) is 5.78 Å². The van der Waals surface area contributed by atoms with Crippen molar-refractivity contribution in [1.29, 1.82) is 0 Å². The van der Waals surface area contributed by atoms with Crippen LogP contribution in [0.25, 0.3) is 6.08 Å². The van der Waals surface area contributed by atoms with Gasteiger partial charge in [-0.2, -0.15) is 0 Å². The first kappa shape index (κ1) is 12.7. The number of hydrogen-bond donors (Lipinski definition) is 0. The molecule has 1 aromatic rings. The van der Waals surface area contributed by atoms with Crippen molar-refractivity contribution < 1.29 is 4.79 Å². The Kier molecular flexibility index (Phi) is 4.97. The summed E-state index contributed by atoms with van der Waals surface area (Å²) in [5.41, 5.74) is 1.19. The molecule has 1 rings (SSSR count). The Labute approximate surface area is 98.2 Å². The second-order valence-corrected chi connectivity index (χ2v) is 4.24. The maximum absolute atomic E-state index is 11.5. The highest BCUT2D eigenvalue weighted by Crippen LogP contribution is 2.16. The zero-order valence-corrected chi connectivity index (χ0v) is 10.3. The lowest BCUT2D eigenvalue weighted by Crippen LogP contribution is -2.16. The van der Waals surface area contributed by atoms with Crippen LogP contribution in [0.15, 0.2) is 36.4 Å². The molecule has 0 N–H and O–H groups in total. The van der Waals surface area contributed by atoms with Crippen LogP contribution in [-0.2, 0) is 4.79 Å². The van der Waals surface area contributed by atoms with Gasteiger partial charge >= 0.3 is 0 Å². The van der Waals surface area contributed by atoms with E-state index in [9.17, 15) is 4.79 Å². The Morgan fingerprint density at radius 3 is 2.44 bits per heavy atom. The third-order valence-corrected chi connectivity index (χ3v) is 3.04. The number of benzene rings is 1. The molecule has 0 saturated heterocycles. The van der Waals surface area contributed by atoms with Crippen molar-refractivity contribution in [2.45, 2.75) is 27.2 Å². The van der Waals surface area contributed by atoms with Crippen molar-refractivity contribution in [2.75, 3.05) is 0 Å². The SMILES string of the molecule is CCC(=O)[C@H](C)C(C)/C=C/c1ccccc1. The fraction of sp³-hybridized carbons (Fsp3) is 0.400. The molecule has 0 saturated carbocycles. The molecule has 0 fully saturated rings. The van der Waals surface area contributed by atoms with Crippen LogP contribution in [-0.4, -0.2) is 5.78 Å². The highest BCUT2D eigenvalue weighted by Gasteiger charge is 2.15. The van der Waals surface area contributed by atoms with Crippen LogP contribution >= 0.6 is 0 Å². The van der Waals surface area contributed by atoms with Gasteiger partial charge in [0.05, 0.1) is 0 Å². The van der Waals surface area contributed by atoms with E-state index in [1.54, 1.807) is 0 Å². The third-order valence-electron chi connectivity index (χ3n) is 3.04. The molecule has 0 aliphatic rings. The minimum Gasteiger partial charge on any atom is -0.299 e. The van der Waals surface area contributed by atoms with Crippen molar-refractivity contribution in [3.05, 3.63) is 42.0 Å². The van der Waals surface area contributed by atoms with Crippen molar-refractivity contribution in [3.8, 4) is 0 Å². The maximum Gasteiger partial charge on any atom is 0.136 e. The van der Waals surface area contributed by atoms with Crippen molar-refractivity contribution in [2.24, 2.45) is 11.8 Å². The van der Waals surface area contributed by atoms with Gasteiger partial charge in [0.15, 0.2) is 0 Å². The van der Waals surface area contributed by atoms with Crippen LogP contribution in [0, 0.1) is 11.8 Å². The number of carbonyl (C=O) groups excluding carboxylic acids is 1. The largest absolute Gasteiger partial charge is 0.299 e. The molecule has 0 spiro atoms. The van der Waals surface area contributed by atoms with E-state index >= 15 is 0 Å². The van der Waals surface area contributed by atoms with Crippen LogP contribution in [0.4, 0.5) is 0 Å². The zero-order chi connectivity index (χ0) is 12.0. The summed E-state index contributed by atoms with van der Waals surface area (Å²) < 4.78 is 0. The molecule has 0 amide bonds. The van der Waals surface area contributed by atoms with Gasteiger partial charge in [0.25, 0.3) is 0 Å². The van der Waals surface area contributed by atoms with Gasteiger partial charge in [-0.1, -0.05) is 63.3 Å². The summed E-state index contributed by atoms with van der Waals surface area (Å²) in [6.07, 6.45) is 4.84. The molecule has 0 bridgehead atoms. The monoisotopic (exact) mass is 216 g/mol. The molecule has 86 valence electrons. The van der Waals surface area contributed by atoms with E-state index in [-0.39, 0.29) is 5.92 Å². The lowest BCUT2D eigenvalue weighted by molar-refractivity contribution is -0.122. The lowest BCUT2D eigenvalue weighted by Gasteiger charge is -2.14. The van der Waals surface area contributed by atoms with E-state index in [2.05, 4.69) is 31.2 Å². The molecule has 1 aromatic carbocycles. The second-order valence-electron chi connectivity index (χ2n) is 4.24. The van der Waals surface area contributed by atoms with Gasteiger partial charge in [0.2, 0.25) is 0 Å². The fourth-order valence-electron chi connectivity index (χ4n) is 1.61. The molecule has 0 aromatic heterocycles. The summed E-state index contributed by atoms with van der Waals surface area (Å²) in [6, 6.07) is 10.2. The number of rotatable bonds is 5. The van der Waals surface area contributed by atoms with E-state index in [1.807, 2.05) is 32.0 Å². The molecular weight excluding hydrogens is 196 g/mol. The van der Waals surface area contributed by atoms with Crippen molar-refractivity contribution in [3.63, 3.8) is 0 Å². The summed E-state index contributed by atoms with van der Waals surface area (Å²) in [6.45, 7) is 6.02. The molecule has 1 unspecified atom stereocenters. The Morgan fingerprint density at radius 1 is 1.25 bits per heavy atom. The number of hydrogen-bond acceptors (Lipinski definition) is 1. The average molecular weight is 216 g/mol. The molecule has 0 aliphatic carbocycles. The minimum atomic E-state index is 0.116. The summed E-state index contributed by atoms with van der Waals surface area (Å²) in [5, 5.41) is 0. The molecule has 2 atom stereocenters. The first-order chi connectivity index (χ1) is 7.65. The topological polar surface area (TPSA) is 17.1 Å². The summed E-state index contributed by atoms with van der Waals surface area (Å²) in [4.78, 5) is 11.5. The fourth-order valence-corrected chi connectivity index (χ4v) is 1.61. The van der Waals surface area contributed by atoms with Crippen LogP contribution in [0.2, 0.25) is 0 Å². The second kappa shape index (κ2) is 6.26. The highest BCUT2D eigenvalue weighted by atomic mass is 16.1. The van der Waals surface area contributed by atoms with Crippen LogP contribution in [0.1, 0.15) is 32.8 Å². The lowest BCUT2D eigenvalue weighted by atomic mass is 9.90. The van der Waals surface area contributed by atoms with E-state index < -0.39 is 0 Å². The summed E-state index contributed by atoms with van der Waals surface area (Å²) in [7, 11) is 0. The number of Topliss-reactive ketones (excluding diaryl/α,β-unsaturated/α-hetero) is 1. The van der Waals surface area contributed by atoms with Gasteiger partial charge in [-0.3, -0.25) is 4.79 Å². The van der Waals surface area contributed by atoms with Crippen molar-refractivity contribution in [1.82, 2.24) is 0 Å². The number of allylic oxidation sites excluding steroid dienone is 1. The Balaban J connectivity index is 2.61. The highest BCUT2D eigenvalue weighted by molar-refractivity contribution is 5.80. The van der Waals surface area contributed by atoms with Gasteiger partial charge in [0, 0.05) is 12.3 Å². The third kappa shape index (κ3) is 3.65. The maximum atomic E-state index is 11.5. The summed E-state index contributed by atoms with van der Waals surface area (Å²) >= 11 is 0. The van der Waals surface area contributed by atoms with E-state index in [1.165, 1.54) is 5.56 Å². The molecule has 0 aliphatic heterocycles. The number of ketones is 1. The van der Waals surface area contributed by atoms with Gasteiger partial charge in [-0.15, -0.1) is 0 Å². The van der Waals surface area contributed by atoms with Crippen LogP contribution in [0.5, 0.6) is 0 Å². The van der Waals surface area contributed by atoms with Gasteiger partial charge in [-0.25, -0.2) is 0 Å². The molecule has 1 nitrogen and oxygen atoms in total. The van der Waals surface area contributed by atoms with Gasteiger partial charge in [-0.05, 0) is 11.5 Å². The van der Waals surface area contributed by atoms with E-state index in [0.29, 0.717) is 18.1 Å². The molecule has 1 heteroatoms. The Morgan fingerprint density at radius 2 is 1.88 bits per heavy atom. The summed E-state index contributed by atoms with van der Waals surface area (Å²) in [5.74, 6) is 0.753. The predicted octanol–water partition coefficient (Wildman–Crippen LogP) is 3.95. The van der Waals surface area contributed by atoms with Gasteiger partial charge < -0.3 is 0 Å². The molecule has 16 heavy (non-hydrogen) atoms. The van der Waals surface area contributed by atoms with Crippen LogP contribution < -0.4 is 0 Å². The Hall–Kier alpha value is -1.37. The van der Waals surface area contributed by atoms with Crippen molar-refractivity contribution >= 4 is 11.9 Å². The predicted molar refractivity (Wildman–Crippen MR) is 69.1 cm³/mol. The average Bonchev–Trinajstić information content (AvgIpc) is 2.35. The molecular formula is C15H20O. The van der Waals surface area contributed by atoms with Crippen LogP contribution in [0.3, 0.4) is 0 Å². The Bertz CT molecular complexity index is 351. The first-order valence-corrected chi connectivity index (χ1v) is 5.91. The molecule has 0 heterocycles. The first-order valence-electron chi connectivity index (χ1n) is 5.91. The minimum absolute atomic E-state index is 0.116. The smallest absolute Gasteiger partial charge is 0.136 e. The van der Waals surface area contributed by atoms with E-state index in [0.717, 1.165) is 0 Å². The zero-order valence-electron chi connectivity index (χ0n) is 10.3. The quantitative estimate of drug-likeness (QED) is 0.728. The standard InChI is InChI=1S/C15H20O/c1-4-15(16)13(3)12(2)10-11-14-8-6-5-7-9-14/h5-13H,4H2,1-3H3/b11-10+/t12?,13-/m1/s1. The van der Waals surface area contributed by atoms with E-state index in [4.69, 9.17) is 0 Å². The normalized spacial score (nSPS) is 14.9.